The van der Waals surface area contributed by atoms with E-state index in [2.05, 4.69) is 12.2 Å². The van der Waals surface area contributed by atoms with E-state index in [0.29, 0.717) is 24.1 Å². The summed E-state index contributed by atoms with van der Waals surface area (Å²) in [6.45, 7) is 2.81. The molecule has 1 saturated carbocycles. The average molecular weight is 284 g/mol. The fourth-order valence-electron chi connectivity index (χ4n) is 1.97. The Bertz CT molecular complexity index is 612. The fourth-order valence-corrected chi connectivity index (χ4v) is 2.61. The zero-order valence-corrected chi connectivity index (χ0v) is 11.6. The monoisotopic (exact) mass is 284 g/mol. The Balaban J connectivity index is 2.25. The molecule has 19 heavy (non-hydrogen) atoms. The molecule has 1 aromatic rings. The molecule has 6 nitrogen and oxygen atoms in total. The van der Waals surface area contributed by atoms with Crippen LogP contribution in [0.25, 0.3) is 0 Å². The maximum atomic E-state index is 11.4. The van der Waals surface area contributed by atoms with Crippen LogP contribution in [-0.2, 0) is 9.84 Å². The molecule has 0 bridgehead atoms. The first-order valence-electron chi connectivity index (χ1n) is 6.01. The van der Waals surface area contributed by atoms with E-state index in [1.807, 2.05) is 0 Å². The van der Waals surface area contributed by atoms with Crippen molar-refractivity contribution in [3.05, 3.63) is 28.3 Å². The zero-order chi connectivity index (χ0) is 14.2. The first-order chi connectivity index (χ1) is 8.79. The number of hydrogen-bond acceptors (Lipinski definition) is 5. The number of benzene rings is 1. The molecule has 0 spiro atoms. The van der Waals surface area contributed by atoms with E-state index in [1.54, 1.807) is 0 Å². The lowest BCUT2D eigenvalue weighted by Crippen LogP contribution is -2.07. The van der Waals surface area contributed by atoms with Crippen LogP contribution in [0.3, 0.4) is 0 Å². The Hall–Kier alpha value is -1.63. The number of anilines is 1. The first kappa shape index (κ1) is 13.8. The molecule has 0 amide bonds. The van der Waals surface area contributed by atoms with Crippen molar-refractivity contribution in [2.24, 2.45) is 11.8 Å². The van der Waals surface area contributed by atoms with Crippen molar-refractivity contribution in [3.8, 4) is 0 Å². The van der Waals surface area contributed by atoms with Gasteiger partial charge >= 0.3 is 0 Å². The molecular weight excluding hydrogens is 268 g/mol. The fraction of sp³-hybridized carbons (Fsp3) is 0.500. The predicted molar refractivity (Wildman–Crippen MR) is 72.0 cm³/mol. The van der Waals surface area contributed by atoms with Gasteiger partial charge in [0.05, 0.1) is 9.82 Å². The molecule has 0 aliphatic heterocycles. The van der Waals surface area contributed by atoms with Gasteiger partial charge in [-0.25, -0.2) is 8.42 Å². The quantitative estimate of drug-likeness (QED) is 0.660. The molecule has 0 heterocycles. The molecule has 1 aromatic carbocycles. The summed E-state index contributed by atoms with van der Waals surface area (Å²) in [5.41, 5.74) is 0.174. The van der Waals surface area contributed by atoms with E-state index < -0.39 is 14.8 Å². The van der Waals surface area contributed by atoms with Gasteiger partial charge in [-0.1, -0.05) is 6.92 Å². The van der Waals surface area contributed by atoms with Gasteiger partial charge < -0.3 is 5.32 Å². The minimum Gasteiger partial charge on any atom is -0.379 e. The van der Waals surface area contributed by atoms with Crippen LogP contribution < -0.4 is 5.32 Å². The highest BCUT2D eigenvalue weighted by molar-refractivity contribution is 7.90. The molecule has 2 atom stereocenters. The lowest BCUT2D eigenvalue weighted by atomic mass is 10.2. The highest BCUT2D eigenvalue weighted by Crippen LogP contribution is 2.38. The van der Waals surface area contributed by atoms with E-state index in [4.69, 9.17) is 0 Å². The predicted octanol–water partition coefficient (Wildman–Crippen LogP) is 2.07. The molecule has 2 rings (SSSR count). The number of rotatable bonds is 5. The van der Waals surface area contributed by atoms with Crippen LogP contribution in [0.2, 0.25) is 0 Å². The van der Waals surface area contributed by atoms with Gasteiger partial charge in [0.15, 0.2) is 9.84 Å². The standard InChI is InChI=1S/C12H16N2O4S/c1-8-5-9(8)7-13-11-4-3-10(19(2,17)18)6-12(11)14(15)16/h3-4,6,8-9,13H,5,7H2,1-2H3. The third kappa shape index (κ3) is 3.23. The molecule has 1 N–H and O–H groups in total. The van der Waals surface area contributed by atoms with Gasteiger partial charge in [-0.05, 0) is 30.4 Å². The molecule has 7 heteroatoms. The van der Waals surface area contributed by atoms with Crippen molar-refractivity contribution in [1.29, 1.82) is 0 Å². The Kier molecular flexibility index (Phi) is 3.49. The summed E-state index contributed by atoms with van der Waals surface area (Å²) >= 11 is 0. The van der Waals surface area contributed by atoms with Gasteiger partial charge in [-0.3, -0.25) is 10.1 Å². The average Bonchev–Trinajstić information content (AvgIpc) is 3.01. The maximum absolute atomic E-state index is 11.4. The van der Waals surface area contributed by atoms with Crippen molar-refractivity contribution in [3.63, 3.8) is 0 Å². The second-order valence-electron chi connectivity index (χ2n) is 5.06. The van der Waals surface area contributed by atoms with Crippen molar-refractivity contribution >= 4 is 21.2 Å². The Morgan fingerprint density at radius 2 is 2.11 bits per heavy atom. The van der Waals surface area contributed by atoms with Crippen LogP contribution in [0.4, 0.5) is 11.4 Å². The minimum atomic E-state index is -3.44. The topological polar surface area (TPSA) is 89.3 Å². The minimum absolute atomic E-state index is 0.0375. The van der Waals surface area contributed by atoms with Crippen LogP contribution in [0.1, 0.15) is 13.3 Å². The summed E-state index contributed by atoms with van der Waals surface area (Å²) in [4.78, 5) is 10.4. The van der Waals surface area contributed by atoms with Gasteiger partial charge in [0.25, 0.3) is 5.69 Å². The summed E-state index contributed by atoms with van der Waals surface area (Å²) in [5, 5.41) is 14.0. The molecule has 1 aliphatic carbocycles. The second kappa shape index (κ2) is 4.80. The number of nitrogens with zero attached hydrogens (tertiary/aromatic N) is 1. The zero-order valence-electron chi connectivity index (χ0n) is 10.8. The Morgan fingerprint density at radius 3 is 2.58 bits per heavy atom. The normalized spacial score (nSPS) is 22.0. The maximum Gasteiger partial charge on any atom is 0.293 e. The van der Waals surface area contributed by atoms with Crippen LogP contribution >= 0.6 is 0 Å². The molecule has 0 aromatic heterocycles. The summed E-state index contributed by atoms with van der Waals surface area (Å²) in [5.74, 6) is 1.20. The van der Waals surface area contributed by atoms with E-state index in [1.165, 1.54) is 12.1 Å². The van der Waals surface area contributed by atoms with Gasteiger partial charge in [0.1, 0.15) is 5.69 Å². The summed E-state index contributed by atoms with van der Waals surface area (Å²) in [6.07, 6.45) is 2.16. The van der Waals surface area contributed by atoms with Gasteiger partial charge in [-0.15, -0.1) is 0 Å². The molecule has 0 saturated heterocycles. The largest absolute Gasteiger partial charge is 0.379 e. The SMILES string of the molecule is CC1CC1CNc1ccc(S(C)(=O)=O)cc1[N+](=O)[O-]. The molecule has 104 valence electrons. The third-order valence-electron chi connectivity index (χ3n) is 3.42. The highest BCUT2D eigenvalue weighted by atomic mass is 32.2. The van der Waals surface area contributed by atoms with Crippen LogP contribution in [0, 0.1) is 22.0 Å². The number of nitro groups is 1. The number of hydrogen-bond donors (Lipinski definition) is 1. The molecule has 1 aliphatic rings. The highest BCUT2D eigenvalue weighted by Gasteiger charge is 2.32. The summed E-state index contributed by atoms with van der Waals surface area (Å²) in [6, 6.07) is 3.95. The lowest BCUT2D eigenvalue weighted by Gasteiger charge is -2.07. The molecule has 2 unspecified atom stereocenters. The van der Waals surface area contributed by atoms with E-state index >= 15 is 0 Å². The first-order valence-corrected chi connectivity index (χ1v) is 7.90. The van der Waals surface area contributed by atoms with Crippen molar-refractivity contribution < 1.29 is 13.3 Å². The summed E-state index contributed by atoms with van der Waals surface area (Å²) < 4.78 is 22.8. The Labute approximate surface area is 111 Å². The van der Waals surface area contributed by atoms with Crippen LogP contribution in [-0.4, -0.2) is 26.1 Å². The summed E-state index contributed by atoms with van der Waals surface area (Å²) in [7, 11) is -3.44. The number of nitrogens with one attached hydrogen (secondary N) is 1. The van der Waals surface area contributed by atoms with Crippen molar-refractivity contribution in [1.82, 2.24) is 0 Å². The van der Waals surface area contributed by atoms with Crippen molar-refractivity contribution in [2.75, 3.05) is 18.1 Å². The van der Waals surface area contributed by atoms with E-state index in [-0.39, 0.29) is 10.6 Å². The smallest absolute Gasteiger partial charge is 0.293 e. The van der Waals surface area contributed by atoms with E-state index in [0.717, 1.165) is 18.7 Å². The number of nitro benzene ring substituents is 1. The number of sulfone groups is 1. The van der Waals surface area contributed by atoms with Crippen LogP contribution in [0.5, 0.6) is 0 Å². The van der Waals surface area contributed by atoms with Gasteiger partial charge in [0, 0.05) is 18.9 Å². The van der Waals surface area contributed by atoms with Gasteiger partial charge in [0.2, 0.25) is 0 Å². The lowest BCUT2D eigenvalue weighted by molar-refractivity contribution is -0.384. The molecular formula is C12H16N2O4S. The van der Waals surface area contributed by atoms with Crippen LogP contribution in [0.15, 0.2) is 23.1 Å². The Morgan fingerprint density at radius 1 is 1.47 bits per heavy atom. The van der Waals surface area contributed by atoms with Gasteiger partial charge in [-0.2, -0.15) is 0 Å². The molecule has 0 radical (unpaired) electrons. The third-order valence-corrected chi connectivity index (χ3v) is 4.54. The second-order valence-corrected chi connectivity index (χ2v) is 7.08. The molecule has 1 fully saturated rings. The van der Waals surface area contributed by atoms with Crippen molar-refractivity contribution in [2.45, 2.75) is 18.2 Å². The van der Waals surface area contributed by atoms with E-state index in [9.17, 15) is 18.5 Å².